The van der Waals surface area contributed by atoms with E-state index in [1.807, 2.05) is 0 Å². The molecule has 0 amide bonds. The number of carbonyl (C=O) groups is 1. The molecular weight excluding hydrogens is 276 g/mol. The molecule has 0 aromatic heterocycles. The summed E-state index contributed by atoms with van der Waals surface area (Å²) in [7, 11) is 0. The molecule has 130 valence electrons. The van der Waals surface area contributed by atoms with E-state index < -0.39 is 0 Å². The maximum absolute atomic E-state index is 10.6. The third kappa shape index (κ3) is 10.3. The highest BCUT2D eigenvalue weighted by molar-refractivity contribution is 5.77. The van der Waals surface area contributed by atoms with Crippen LogP contribution in [0.1, 0.15) is 46.0 Å². The molecule has 4 N–H and O–H groups in total. The summed E-state index contributed by atoms with van der Waals surface area (Å²) in [5.41, 5.74) is 0. The van der Waals surface area contributed by atoms with E-state index in [-0.39, 0.29) is 5.78 Å². The molecule has 2 fully saturated rings. The lowest BCUT2D eigenvalue weighted by Gasteiger charge is -2.23. The Hall–Kier alpha value is -0.490. The first-order valence-corrected chi connectivity index (χ1v) is 9.07. The van der Waals surface area contributed by atoms with Gasteiger partial charge >= 0.3 is 0 Å². The molecule has 22 heavy (non-hydrogen) atoms. The molecule has 2 aliphatic rings. The largest absolute Gasteiger partial charge is 0.317 e. The van der Waals surface area contributed by atoms with Crippen molar-refractivity contribution in [2.24, 2.45) is 5.92 Å². The van der Waals surface area contributed by atoms with Crippen molar-refractivity contribution in [1.82, 2.24) is 21.3 Å². The lowest BCUT2D eigenvalue weighted by atomic mass is 9.98. The maximum atomic E-state index is 10.6. The average Bonchev–Trinajstić information content (AvgIpc) is 2.55. The van der Waals surface area contributed by atoms with Crippen molar-refractivity contribution in [3.8, 4) is 0 Å². The van der Waals surface area contributed by atoms with Crippen molar-refractivity contribution in [3.63, 3.8) is 0 Å². The molecule has 0 spiro atoms. The van der Waals surface area contributed by atoms with Gasteiger partial charge in [-0.15, -0.1) is 0 Å². The minimum Gasteiger partial charge on any atom is -0.317 e. The van der Waals surface area contributed by atoms with Crippen LogP contribution in [0.25, 0.3) is 0 Å². The summed E-state index contributed by atoms with van der Waals surface area (Å²) in [6.45, 7) is 11.2. The predicted octanol–water partition coefficient (Wildman–Crippen LogP) is 0.903. The molecule has 2 saturated heterocycles. The number of hydrogen-bond donors (Lipinski definition) is 4. The quantitative estimate of drug-likeness (QED) is 0.563. The van der Waals surface area contributed by atoms with E-state index in [0.717, 1.165) is 31.6 Å². The monoisotopic (exact) mass is 312 g/mol. The van der Waals surface area contributed by atoms with Gasteiger partial charge in [0.15, 0.2) is 0 Å². The van der Waals surface area contributed by atoms with Crippen LogP contribution in [0.5, 0.6) is 0 Å². The first kappa shape index (κ1) is 19.6. The summed E-state index contributed by atoms with van der Waals surface area (Å²) in [4.78, 5) is 10.6. The van der Waals surface area contributed by atoms with Gasteiger partial charge in [0.1, 0.15) is 5.78 Å². The summed E-state index contributed by atoms with van der Waals surface area (Å²) >= 11 is 0. The van der Waals surface area contributed by atoms with Gasteiger partial charge in [0.25, 0.3) is 0 Å². The normalized spacial score (nSPS) is 20.3. The summed E-state index contributed by atoms with van der Waals surface area (Å²) in [5, 5.41) is 13.4. The number of carbonyl (C=O) groups excluding carboxylic acids is 1. The second kappa shape index (κ2) is 13.0. The van der Waals surface area contributed by atoms with E-state index in [4.69, 9.17) is 0 Å². The number of nitrogens with one attached hydrogen (secondary N) is 4. The Bertz CT molecular complexity index is 274. The van der Waals surface area contributed by atoms with Gasteiger partial charge in [0, 0.05) is 6.04 Å². The minimum atomic E-state index is 0.226. The van der Waals surface area contributed by atoms with Crippen molar-refractivity contribution in [1.29, 1.82) is 0 Å². The van der Waals surface area contributed by atoms with Crippen LogP contribution in [-0.2, 0) is 4.79 Å². The Kier molecular flexibility index (Phi) is 11.6. The van der Waals surface area contributed by atoms with Crippen LogP contribution in [0.15, 0.2) is 0 Å². The summed E-state index contributed by atoms with van der Waals surface area (Å²) in [6.07, 6.45) is 6.35. The number of ketones is 1. The van der Waals surface area contributed by atoms with Gasteiger partial charge < -0.3 is 21.3 Å². The number of piperidine rings is 2. The van der Waals surface area contributed by atoms with Crippen LogP contribution < -0.4 is 21.3 Å². The minimum absolute atomic E-state index is 0.226. The fourth-order valence-corrected chi connectivity index (χ4v) is 2.91. The SMILES string of the molecule is CC(=O)CNCC1CCNCC1.CCCNC1CCNCC1. The molecule has 2 aliphatic heterocycles. The van der Waals surface area contributed by atoms with Gasteiger partial charge in [-0.1, -0.05) is 6.92 Å². The Morgan fingerprint density at radius 2 is 1.64 bits per heavy atom. The second-order valence-corrected chi connectivity index (χ2v) is 6.50. The first-order valence-electron chi connectivity index (χ1n) is 9.07. The van der Waals surface area contributed by atoms with Crippen LogP contribution in [0.2, 0.25) is 0 Å². The standard InChI is InChI=1S/C9H18N2O.C8H18N2/c1-8(12)6-11-7-9-2-4-10-5-3-9;1-2-5-10-8-3-6-9-7-4-8/h9-11H,2-7H2,1H3;8-10H,2-7H2,1H3. The highest BCUT2D eigenvalue weighted by Gasteiger charge is 2.12. The lowest BCUT2D eigenvalue weighted by Crippen LogP contribution is -2.40. The van der Waals surface area contributed by atoms with Crippen molar-refractivity contribution in [2.45, 2.75) is 52.0 Å². The molecule has 2 heterocycles. The molecule has 0 aliphatic carbocycles. The van der Waals surface area contributed by atoms with Crippen LogP contribution in [-0.4, -0.2) is 57.6 Å². The van der Waals surface area contributed by atoms with Crippen molar-refractivity contribution < 1.29 is 4.79 Å². The molecule has 5 nitrogen and oxygen atoms in total. The Labute approximate surface area is 136 Å². The van der Waals surface area contributed by atoms with Gasteiger partial charge in [-0.2, -0.15) is 0 Å². The molecule has 0 atom stereocenters. The van der Waals surface area contributed by atoms with E-state index >= 15 is 0 Å². The van der Waals surface area contributed by atoms with Crippen LogP contribution in [0, 0.1) is 5.92 Å². The fourth-order valence-electron chi connectivity index (χ4n) is 2.91. The van der Waals surface area contributed by atoms with Gasteiger partial charge in [-0.3, -0.25) is 4.79 Å². The van der Waals surface area contributed by atoms with Crippen molar-refractivity contribution in [2.75, 3.05) is 45.8 Å². The van der Waals surface area contributed by atoms with Crippen LogP contribution in [0.4, 0.5) is 0 Å². The van der Waals surface area contributed by atoms with Crippen LogP contribution >= 0.6 is 0 Å². The fraction of sp³-hybridized carbons (Fsp3) is 0.941. The topological polar surface area (TPSA) is 65.2 Å². The molecule has 2 rings (SSSR count). The molecule has 0 unspecified atom stereocenters. The molecule has 0 aromatic carbocycles. The molecule has 5 heteroatoms. The van der Waals surface area contributed by atoms with E-state index in [9.17, 15) is 4.79 Å². The predicted molar refractivity (Wildman–Crippen MR) is 93.3 cm³/mol. The summed E-state index contributed by atoms with van der Waals surface area (Å²) < 4.78 is 0. The van der Waals surface area contributed by atoms with E-state index in [2.05, 4.69) is 28.2 Å². The first-order chi connectivity index (χ1) is 10.7. The van der Waals surface area contributed by atoms with Crippen LogP contribution in [0.3, 0.4) is 0 Å². The summed E-state index contributed by atoms with van der Waals surface area (Å²) in [6, 6.07) is 0.793. The Morgan fingerprint density at radius 3 is 2.18 bits per heavy atom. The molecular formula is C17H36N4O. The van der Waals surface area contributed by atoms with E-state index in [1.165, 1.54) is 51.7 Å². The number of hydrogen-bond acceptors (Lipinski definition) is 5. The van der Waals surface area contributed by atoms with Gasteiger partial charge in [0.05, 0.1) is 6.54 Å². The van der Waals surface area contributed by atoms with Gasteiger partial charge in [-0.25, -0.2) is 0 Å². The molecule has 0 radical (unpaired) electrons. The zero-order chi connectivity index (χ0) is 16.0. The molecule has 0 bridgehead atoms. The number of Topliss-reactive ketones (excluding diaryl/α,β-unsaturated/α-hetero) is 1. The van der Waals surface area contributed by atoms with Crippen molar-refractivity contribution in [3.05, 3.63) is 0 Å². The van der Waals surface area contributed by atoms with Gasteiger partial charge in [-0.05, 0) is 84.2 Å². The Morgan fingerprint density at radius 1 is 1.05 bits per heavy atom. The molecule has 0 aromatic rings. The van der Waals surface area contributed by atoms with E-state index in [1.54, 1.807) is 6.92 Å². The second-order valence-electron chi connectivity index (χ2n) is 6.50. The number of rotatable bonds is 7. The maximum Gasteiger partial charge on any atom is 0.143 e. The van der Waals surface area contributed by atoms with E-state index in [0.29, 0.717) is 6.54 Å². The zero-order valence-electron chi connectivity index (χ0n) is 14.5. The highest BCUT2D eigenvalue weighted by atomic mass is 16.1. The Balaban J connectivity index is 0.000000224. The zero-order valence-corrected chi connectivity index (χ0v) is 14.5. The lowest BCUT2D eigenvalue weighted by molar-refractivity contribution is -0.116. The summed E-state index contributed by atoms with van der Waals surface area (Å²) in [5.74, 6) is 0.995. The third-order valence-electron chi connectivity index (χ3n) is 4.29. The van der Waals surface area contributed by atoms with Crippen molar-refractivity contribution >= 4 is 5.78 Å². The highest BCUT2D eigenvalue weighted by Crippen LogP contribution is 2.09. The molecule has 0 saturated carbocycles. The van der Waals surface area contributed by atoms with Gasteiger partial charge in [0.2, 0.25) is 0 Å². The third-order valence-corrected chi connectivity index (χ3v) is 4.29. The average molecular weight is 313 g/mol. The smallest absolute Gasteiger partial charge is 0.143 e.